The lowest BCUT2D eigenvalue weighted by Crippen LogP contribution is -2.32. The van der Waals surface area contributed by atoms with E-state index in [1.54, 1.807) is 12.1 Å². The summed E-state index contributed by atoms with van der Waals surface area (Å²) in [5, 5.41) is 0. The van der Waals surface area contributed by atoms with Gasteiger partial charge in [0.1, 0.15) is 5.82 Å². The van der Waals surface area contributed by atoms with Crippen molar-refractivity contribution < 1.29 is 4.39 Å². The number of nitrogens with zero attached hydrogens (tertiary/aromatic N) is 1. The van der Waals surface area contributed by atoms with Crippen molar-refractivity contribution in [2.24, 2.45) is 5.73 Å². The van der Waals surface area contributed by atoms with Crippen LogP contribution in [0.3, 0.4) is 0 Å². The Labute approximate surface area is 120 Å². The first kappa shape index (κ1) is 14.5. The number of para-hydroxylation sites is 1. The van der Waals surface area contributed by atoms with Crippen LogP contribution in [-0.2, 0) is 0 Å². The number of hydrogen-bond acceptors (Lipinski definition) is 2. The number of benzene rings is 2. The zero-order valence-corrected chi connectivity index (χ0v) is 12.2. The van der Waals surface area contributed by atoms with Gasteiger partial charge in [0.2, 0.25) is 0 Å². The van der Waals surface area contributed by atoms with Crippen molar-refractivity contribution in [3.8, 4) is 0 Å². The molecular weight excluding hydrogens is 251 g/mol. The first-order valence-electron chi connectivity index (χ1n) is 6.79. The minimum absolute atomic E-state index is 0.0342. The third-order valence-corrected chi connectivity index (χ3v) is 3.80. The van der Waals surface area contributed by atoms with Crippen molar-refractivity contribution in [1.82, 2.24) is 0 Å². The van der Waals surface area contributed by atoms with Crippen molar-refractivity contribution in [2.45, 2.75) is 19.9 Å². The van der Waals surface area contributed by atoms with Crippen molar-refractivity contribution >= 4 is 5.69 Å². The topological polar surface area (TPSA) is 29.3 Å². The number of nitrogens with two attached hydrogens (primary N) is 1. The van der Waals surface area contributed by atoms with Crippen LogP contribution in [0, 0.1) is 19.7 Å². The summed E-state index contributed by atoms with van der Waals surface area (Å²) < 4.78 is 14.0. The molecule has 0 fully saturated rings. The summed E-state index contributed by atoms with van der Waals surface area (Å²) in [7, 11) is 1.89. The Morgan fingerprint density at radius 3 is 2.20 bits per heavy atom. The second-order valence-corrected chi connectivity index (χ2v) is 5.12. The molecule has 2 aromatic carbocycles. The van der Waals surface area contributed by atoms with Crippen LogP contribution in [0.15, 0.2) is 42.5 Å². The molecule has 0 aromatic heterocycles. The summed E-state index contributed by atoms with van der Waals surface area (Å²) in [4.78, 5) is 1.92. The number of likely N-dealkylation sites (N-methyl/N-ethyl adjacent to an activating group) is 1. The molecular formula is C17H21FN2. The maximum atomic E-state index is 14.0. The van der Waals surface area contributed by atoms with Crippen molar-refractivity contribution in [3.63, 3.8) is 0 Å². The van der Waals surface area contributed by atoms with Gasteiger partial charge < -0.3 is 10.6 Å². The lowest BCUT2D eigenvalue weighted by Gasteiger charge is -2.32. The van der Waals surface area contributed by atoms with Gasteiger partial charge in [-0.1, -0.05) is 30.3 Å². The third-order valence-electron chi connectivity index (χ3n) is 3.80. The van der Waals surface area contributed by atoms with E-state index in [4.69, 9.17) is 5.73 Å². The Kier molecular flexibility index (Phi) is 4.40. The predicted octanol–water partition coefficient (Wildman–Crippen LogP) is 3.58. The molecule has 0 aliphatic rings. The molecule has 0 heterocycles. The third kappa shape index (κ3) is 2.68. The van der Waals surface area contributed by atoms with Crippen LogP contribution in [0.2, 0.25) is 0 Å². The molecule has 1 unspecified atom stereocenters. The van der Waals surface area contributed by atoms with E-state index in [1.165, 1.54) is 22.8 Å². The van der Waals surface area contributed by atoms with Gasteiger partial charge >= 0.3 is 0 Å². The first-order chi connectivity index (χ1) is 9.56. The van der Waals surface area contributed by atoms with Gasteiger partial charge in [-0.05, 0) is 42.7 Å². The molecule has 0 bridgehead atoms. The molecule has 3 heteroatoms. The fourth-order valence-electron chi connectivity index (χ4n) is 2.73. The van der Waals surface area contributed by atoms with Crippen LogP contribution in [0.4, 0.5) is 10.1 Å². The Balaban J connectivity index is 2.45. The molecule has 2 aromatic rings. The molecule has 0 amide bonds. The highest BCUT2D eigenvalue weighted by molar-refractivity contribution is 5.51. The average molecular weight is 272 g/mol. The molecule has 0 saturated heterocycles. The number of aryl methyl sites for hydroxylation is 2. The van der Waals surface area contributed by atoms with Gasteiger partial charge in [0.05, 0.1) is 11.7 Å². The summed E-state index contributed by atoms with van der Waals surface area (Å²) >= 11 is 0. The number of halogens is 1. The molecule has 0 saturated carbocycles. The molecule has 2 rings (SSSR count). The minimum atomic E-state index is -0.223. The Morgan fingerprint density at radius 2 is 1.65 bits per heavy atom. The van der Waals surface area contributed by atoms with E-state index >= 15 is 0 Å². The fraction of sp³-hybridized carbons (Fsp3) is 0.294. The molecule has 1 atom stereocenters. The Bertz CT molecular complexity index is 575. The van der Waals surface area contributed by atoms with Gasteiger partial charge in [-0.15, -0.1) is 0 Å². The molecule has 106 valence electrons. The van der Waals surface area contributed by atoms with Gasteiger partial charge in [0.25, 0.3) is 0 Å². The highest BCUT2D eigenvalue weighted by Crippen LogP contribution is 2.30. The van der Waals surface area contributed by atoms with Gasteiger partial charge in [-0.25, -0.2) is 4.39 Å². The highest BCUT2D eigenvalue weighted by atomic mass is 19.1. The van der Waals surface area contributed by atoms with Gasteiger partial charge in [-0.3, -0.25) is 0 Å². The first-order valence-corrected chi connectivity index (χ1v) is 6.79. The second-order valence-electron chi connectivity index (χ2n) is 5.12. The van der Waals surface area contributed by atoms with Crippen LogP contribution in [0.25, 0.3) is 0 Å². The average Bonchev–Trinajstić information content (AvgIpc) is 2.43. The van der Waals surface area contributed by atoms with Crippen LogP contribution in [-0.4, -0.2) is 13.6 Å². The lowest BCUT2D eigenvalue weighted by molar-refractivity contribution is 0.601. The van der Waals surface area contributed by atoms with Gasteiger partial charge in [-0.2, -0.15) is 0 Å². The summed E-state index contributed by atoms with van der Waals surface area (Å²) in [5.74, 6) is -0.223. The van der Waals surface area contributed by atoms with E-state index in [2.05, 4.69) is 26.0 Å². The van der Waals surface area contributed by atoms with Crippen LogP contribution < -0.4 is 10.6 Å². The largest absolute Gasteiger partial charge is 0.364 e. The van der Waals surface area contributed by atoms with E-state index in [0.29, 0.717) is 12.2 Å². The summed E-state index contributed by atoms with van der Waals surface area (Å²) in [5.41, 5.74) is 10.1. The van der Waals surface area contributed by atoms with Crippen molar-refractivity contribution in [2.75, 3.05) is 18.5 Å². The normalized spacial score (nSPS) is 12.2. The monoisotopic (exact) mass is 272 g/mol. The van der Waals surface area contributed by atoms with E-state index in [1.807, 2.05) is 24.1 Å². The quantitative estimate of drug-likeness (QED) is 0.921. The molecule has 0 spiro atoms. The van der Waals surface area contributed by atoms with Gasteiger partial charge in [0.15, 0.2) is 0 Å². The van der Waals surface area contributed by atoms with Crippen LogP contribution in [0.5, 0.6) is 0 Å². The van der Waals surface area contributed by atoms with Crippen molar-refractivity contribution in [3.05, 3.63) is 65.0 Å². The smallest absolute Gasteiger partial charge is 0.146 e. The Morgan fingerprint density at radius 1 is 1.05 bits per heavy atom. The summed E-state index contributed by atoms with van der Waals surface area (Å²) in [6, 6.07) is 12.9. The van der Waals surface area contributed by atoms with E-state index < -0.39 is 0 Å². The van der Waals surface area contributed by atoms with Gasteiger partial charge in [0, 0.05) is 13.6 Å². The number of hydrogen-bond donors (Lipinski definition) is 1. The molecule has 20 heavy (non-hydrogen) atoms. The van der Waals surface area contributed by atoms with E-state index in [9.17, 15) is 4.39 Å². The molecule has 0 radical (unpaired) electrons. The number of rotatable bonds is 4. The lowest BCUT2D eigenvalue weighted by atomic mass is 9.95. The predicted molar refractivity (Wildman–Crippen MR) is 82.5 cm³/mol. The molecule has 2 N–H and O–H groups in total. The van der Waals surface area contributed by atoms with E-state index in [-0.39, 0.29) is 11.9 Å². The fourth-order valence-corrected chi connectivity index (χ4v) is 2.73. The van der Waals surface area contributed by atoms with Crippen molar-refractivity contribution in [1.29, 1.82) is 0 Å². The number of anilines is 1. The zero-order valence-electron chi connectivity index (χ0n) is 12.2. The highest BCUT2D eigenvalue weighted by Gasteiger charge is 2.21. The second kappa shape index (κ2) is 6.06. The molecule has 2 nitrogen and oxygen atoms in total. The van der Waals surface area contributed by atoms with Crippen LogP contribution >= 0.6 is 0 Å². The Hall–Kier alpha value is -1.87. The van der Waals surface area contributed by atoms with E-state index in [0.717, 1.165) is 0 Å². The maximum absolute atomic E-state index is 14.0. The molecule has 0 aliphatic carbocycles. The summed E-state index contributed by atoms with van der Waals surface area (Å²) in [6.07, 6.45) is 0. The molecule has 0 aliphatic heterocycles. The maximum Gasteiger partial charge on any atom is 0.146 e. The minimum Gasteiger partial charge on any atom is -0.364 e. The SMILES string of the molecule is Cc1cccc(C)c1C(CN)N(C)c1ccccc1F. The standard InChI is InChI=1S/C17H21FN2/c1-12-7-6-8-13(2)17(12)16(11-19)20(3)15-10-5-4-9-14(15)18/h4-10,16H,11,19H2,1-3H3. The zero-order chi connectivity index (χ0) is 14.7. The summed E-state index contributed by atoms with van der Waals surface area (Å²) in [6.45, 7) is 4.58. The van der Waals surface area contributed by atoms with Crippen LogP contribution in [0.1, 0.15) is 22.7 Å².